The number of anilines is 1. The van der Waals surface area contributed by atoms with Crippen molar-refractivity contribution in [3.05, 3.63) is 40.9 Å². The highest BCUT2D eigenvalue weighted by atomic mass is 79.9. The van der Waals surface area contributed by atoms with Crippen LogP contribution in [0.25, 0.3) is 33.3 Å². The maximum absolute atomic E-state index is 10.4. The number of nitrogens with zero attached hydrogens (tertiary/aromatic N) is 5. The van der Waals surface area contributed by atoms with Gasteiger partial charge in [0.1, 0.15) is 11.5 Å². The molecule has 4 aromatic heterocycles. The topological polar surface area (TPSA) is 103 Å². The number of hydrogen-bond donors (Lipinski definition) is 3. The lowest BCUT2D eigenvalue weighted by Gasteiger charge is -2.37. The van der Waals surface area contributed by atoms with Crippen molar-refractivity contribution >= 4 is 43.7 Å². The standard InChI is InChI=1S/C25H28BrN7O/c1-25(2,34)9-15-13-33(8-7-28-15)24-21-17(14-3-4-14)10-27-12-19(21)31-22(32-24)16-5-6-29-23-20(16)18(26)11-30-23/h5-6,10-12,14-15,28,34H,3-4,7-9,13H2,1-2H3,(H,29,30). The van der Waals surface area contributed by atoms with E-state index >= 15 is 0 Å². The van der Waals surface area contributed by atoms with Gasteiger partial charge in [0, 0.05) is 65.1 Å². The fraction of sp³-hybridized carbons (Fsp3) is 0.440. The van der Waals surface area contributed by atoms with Crippen molar-refractivity contribution in [2.75, 3.05) is 24.5 Å². The number of piperazine rings is 1. The van der Waals surface area contributed by atoms with Crippen LogP contribution in [0, 0.1) is 0 Å². The fourth-order valence-corrected chi connectivity index (χ4v) is 5.62. The van der Waals surface area contributed by atoms with E-state index in [1.165, 1.54) is 18.4 Å². The smallest absolute Gasteiger partial charge is 0.163 e. The molecule has 1 atom stereocenters. The number of fused-ring (bicyclic) bond motifs is 2. The van der Waals surface area contributed by atoms with Gasteiger partial charge >= 0.3 is 0 Å². The van der Waals surface area contributed by atoms with Crippen molar-refractivity contribution < 1.29 is 5.11 Å². The summed E-state index contributed by atoms with van der Waals surface area (Å²) in [7, 11) is 0. The van der Waals surface area contributed by atoms with Gasteiger partial charge in [-0.15, -0.1) is 0 Å². The van der Waals surface area contributed by atoms with Gasteiger partial charge in [0.25, 0.3) is 0 Å². The monoisotopic (exact) mass is 521 g/mol. The highest BCUT2D eigenvalue weighted by Crippen LogP contribution is 2.45. The Hall–Kier alpha value is -2.62. The molecule has 0 amide bonds. The predicted octanol–water partition coefficient (Wildman–Crippen LogP) is 4.15. The molecule has 34 heavy (non-hydrogen) atoms. The molecule has 5 heterocycles. The normalized spacial score (nSPS) is 19.3. The second-order valence-electron chi connectivity index (χ2n) is 10.1. The van der Waals surface area contributed by atoms with E-state index in [0.717, 1.165) is 57.4 Å². The molecule has 0 aromatic carbocycles. The molecule has 176 valence electrons. The highest BCUT2D eigenvalue weighted by molar-refractivity contribution is 9.10. The Morgan fingerprint density at radius 3 is 2.85 bits per heavy atom. The first-order valence-corrected chi connectivity index (χ1v) is 12.6. The summed E-state index contributed by atoms with van der Waals surface area (Å²) in [6.07, 6.45) is 10.6. The maximum Gasteiger partial charge on any atom is 0.163 e. The zero-order valence-electron chi connectivity index (χ0n) is 19.3. The number of aromatic nitrogens is 5. The second-order valence-corrected chi connectivity index (χ2v) is 11.0. The van der Waals surface area contributed by atoms with Crippen molar-refractivity contribution in [2.45, 2.75) is 50.7 Å². The number of pyridine rings is 2. The van der Waals surface area contributed by atoms with Crippen LogP contribution in [0.3, 0.4) is 0 Å². The Morgan fingerprint density at radius 1 is 1.21 bits per heavy atom. The van der Waals surface area contributed by atoms with Crippen LogP contribution in [0.15, 0.2) is 35.3 Å². The Morgan fingerprint density at radius 2 is 2.06 bits per heavy atom. The Labute approximate surface area is 206 Å². The second kappa shape index (κ2) is 8.25. The first-order chi connectivity index (χ1) is 16.4. The van der Waals surface area contributed by atoms with Gasteiger partial charge in [-0.3, -0.25) is 4.98 Å². The first kappa shape index (κ1) is 21.9. The van der Waals surface area contributed by atoms with E-state index in [1.54, 1.807) is 6.20 Å². The summed E-state index contributed by atoms with van der Waals surface area (Å²) in [6, 6.07) is 2.15. The highest BCUT2D eigenvalue weighted by Gasteiger charge is 2.31. The summed E-state index contributed by atoms with van der Waals surface area (Å²) in [5.74, 6) is 2.16. The van der Waals surface area contributed by atoms with Crippen LogP contribution >= 0.6 is 15.9 Å². The number of rotatable bonds is 5. The van der Waals surface area contributed by atoms with Gasteiger partial charge in [-0.05, 0) is 66.6 Å². The number of H-pyrrole nitrogens is 1. The molecule has 0 bridgehead atoms. The van der Waals surface area contributed by atoms with Crippen molar-refractivity contribution in [3.8, 4) is 11.4 Å². The van der Waals surface area contributed by atoms with E-state index in [2.05, 4.69) is 41.1 Å². The van der Waals surface area contributed by atoms with Gasteiger partial charge in [-0.1, -0.05) is 0 Å². The van der Waals surface area contributed by atoms with Crippen LogP contribution < -0.4 is 10.2 Å². The molecule has 6 rings (SSSR count). The summed E-state index contributed by atoms with van der Waals surface area (Å²) in [5, 5.41) is 16.1. The van der Waals surface area contributed by atoms with Crippen LogP contribution in [0.1, 0.15) is 44.6 Å². The number of aromatic amines is 1. The maximum atomic E-state index is 10.4. The van der Waals surface area contributed by atoms with Gasteiger partial charge in [0.2, 0.25) is 0 Å². The van der Waals surface area contributed by atoms with E-state index in [-0.39, 0.29) is 6.04 Å². The molecule has 1 saturated carbocycles. The van der Waals surface area contributed by atoms with Crippen molar-refractivity contribution in [3.63, 3.8) is 0 Å². The molecule has 0 spiro atoms. The molecule has 1 unspecified atom stereocenters. The fourth-order valence-electron chi connectivity index (χ4n) is 5.10. The van der Waals surface area contributed by atoms with Gasteiger partial charge in [0.15, 0.2) is 5.82 Å². The molecule has 4 aromatic rings. The first-order valence-electron chi connectivity index (χ1n) is 11.9. The van der Waals surface area contributed by atoms with Gasteiger partial charge in [-0.25, -0.2) is 15.0 Å². The van der Waals surface area contributed by atoms with E-state index in [0.29, 0.717) is 18.2 Å². The lowest BCUT2D eigenvalue weighted by molar-refractivity contribution is 0.0586. The average molecular weight is 522 g/mol. The third-order valence-corrected chi connectivity index (χ3v) is 7.33. The zero-order valence-corrected chi connectivity index (χ0v) is 20.9. The predicted molar refractivity (Wildman–Crippen MR) is 137 cm³/mol. The molecule has 1 aliphatic carbocycles. The minimum atomic E-state index is -0.730. The van der Waals surface area contributed by atoms with Crippen LogP contribution in [0.5, 0.6) is 0 Å². The van der Waals surface area contributed by atoms with E-state index < -0.39 is 5.60 Å². The number of hydrogen-bond acceptors (Lipinski definition) is 7. The Balaban J connectivity index is 1.52. The lowest BCUT2D eigenvalue weighted by atomic mass is 9.97. The summed E-state index contributed by atoms with van der Waals surface area (Å²) in [5.41, 5.74) is 3.12. The lowest BCUT2D eigenvalue weighted by Crippen LogP contribution is -2.53. The Kier molecular flexibility index (Phi) is 5.31. The third-order valence-electron chi connectivity index (χ3n) is 6.70. The summed E-state index contributed by atoms with van der Waals surface area (Å²) >= 11 is 3.65. The van der Waals surface area contributed by atoms with Crippen LogP contribution in [0.2, 0.25) is 0 Å². The molecule has 0 radical (unpaired) electrons. The minimum absolute atomic E-state index is 0.180. The molecular formula is C25H28BrN7O. The molecule has 1 aliphatic heterocycles. The zero-order chi connectivity index (χ0) is 23.4. The molecule has 3 N–H and O–H groups in total. The Bertz CT molecular complexity index is 1380. The van der Waals surface area contributed by atoms with Gasteiger partial charge in [0.05, 0.1) is 17.3 Å². The quantitative estimate of drug-likeness (QED) is 0.362. The average Bonchev–Trinajstić information content (AvgIpc) is 3.59. The SMILES string of the molecule is CC(C)(O)CC1CN(c2nc(-c3ccnc4[nH]cc(Br)c34)nc3cncc(C4CC4)c23)CCN1. The van der Waals surface area contributed by atoms with Gasteiger partial charge in [-0.2, -0.15) is 0 Å². The van der Waals surface area contributed by atoms with Crippen LogP contribution in [-0.4, -0.2) is 61.3 Å². The molecule has 2 fully saturated rings. The van der Waals surface area contributed by atoms with Crippen LogP contribution in [-0.2, 0) is 0 Å². The van der Waals surface area contributed by atoms with Gasteiger partial charge < -0.3 is 20.3 Å². The molecule has 9 heteroatoms. The summed E-state index contributed by atoms with van der Waals surface area (Å²) in [6.45, 7) is 6.20. The van der Waals surface area contributed by atoms with Crippen molar-refractivity contribution in [1.29, 1.82) is 0 Å². The van der Waals surface area contributed by atoms with Crippen molar-refractivity contribution in [2.24, 2.45) is 0 Å². The molecular weight excluding hydrogens is 494 g/mol. The third kappa shape index (κ3) is 4.06. The summed E-state index contributed by atoms with van der Waals surface area (Å²) in [4.78, 5) is 24.8. The summed E-state index contributed by atoms with van der Waals surface area (Å²) < 4.78 is 0.938. The van der Waals surface area contributed by atoms with Crippen LogP contribution in [0.4, 0.5) is 5.82 Å². The molecule has 8 nitrogen and oxygen atoms in total. The van der Waals surface area contributed by atoms with E-state index in [4.69, 9.17) is 9.97 Å². The molecule has 1 saturated heterocycles. The van der Waals surface area contributed by atoms with Crippen molar-refractivity contribution in [1.82, 2.24) is 30.2 Å². The molecule has 2 aliphatic rings. The van der Waals surface area contributed by atoms with E-state index in [1.807, 2.05) is 38.5 Å². The number of aliphatic hydroxyl groups is 1. The minimum Gasteiger partial charge on any atom is -0.390 e. The van der Waals surface area contributed by atoms with E-state index in [9.17, 15) is 5.11 Å². The number of halogens is 1. The largest absolute Gasteiger partial charge is 0.390 e. The number of nitrogens with one attached hydrogen (secondary N) is 2.